The second kappa shape index (κ2) is 5.71. The van der Waals surface area contributed by atoms with Crippen LogP contribution in [0.15, 0.2) is 29.2 Å². The average molecular weight is 237 g/mol. The van der Waals surface area contributed by atoms with Gasteiger partial charge >= 0.3 is 0 Å². The van der Waals surface area contributed by atoms with E-state index in [1.54, 1.807) is 0 Å². The molecule has 0 aliphatic carbocycles. The second-order valence-electron chi connectivity index (χ2n) is 4.48. The summed E-state index contributed by atoms with van der Waals surface area (Å²) >= 11 is 1.81. The quantitative estimate of drug-likeness (QED) is 0.818. The van der Waals surface area contributed by atoms with Crippen molar-refractivity contribution in [1.82, 2.24) is 4.31 Å². The average Bonchev–Trinajstić information content (AvgIpc) is 2.32. The van der Waals surface area contributed by atoms with Gasteiger partial charge in [0.1, 0.15) is 0 Å². The monoisotopic (exact) mass is 237 g/mol. The lowest BCUT2D eigenvalue weighted by atomic mass is 10.0. The first-order valence-corrected chi connectivity index (χ1v) is 6.65. The molecule has 0 saturated carbocycles. The number of benzene rings is 1. The van der Waals surface area contributed by atoms with Gasteiger partial charge in [-0.05, 0) is 49.8 Å². The van der Waals surface area contributed by atoms with E-state index in [2.05, 4.69) is 35.5 Å². The fraction of sp³-hybridized carbons (Fsp3) is 0.538. The van der Waals surface area contributed by atoms with Crippen LogP contribution in [-0.4, -0.2) is 29.1 Å². The number of rotatable bonds is 3. The maximum atomic E-state index is 9.18. The minimum absolute atomic E-state index is 0.324. The summed E-state index contributed by atoms with van der Waals surface area (Å²) in [5.41, 5.74) is 1.30. The molecule has 2 nitrogen and oxygen atoms in total. The van der Waals surface area contributed by atoms with E-state index in [1.165, 1.54) is 23.3 Å². The molecule has 1 aromatic carbocycles. The highest BCUT2D eigenvalue weighted by molar-refractivity contribution is 7.97. The predicted molar refractivity (Wildman–Crippen MR) is 68.4 cm³/mol. The van der Waals surface area contributed by atoms with Gasteiger partial charge in [-0.2, -0.15) is 0 Å². The Labute approximate surface area is 102 Å². The van der Waals surface area contributed by atoms with Crippen molar-refractivity contribution in [3.05, 3.63) is 29.8 Å². The third-order valence-electron chi connectivity index (χ3n) is 3.00. The van der Waals surface area contributed by atoms with Crippen LogP contribution < -0.4 is 0 Å². The summed E-state index contributed by atoms with van der Waals surface area (Å²) in [5.74, 6) is 0.465. The zero-order valence-electron chi connectivity index (χ0n) is 9.72. The molecular formula is C13H19NOS. The molecule has 1 heterocycles. The van der Waals surface area contributed by atoms with Crippen LogP contribution >= 0.6 is 11.9 Å². The maximum absolute atomic E-state index is 9.18. The first-order chi connectivity index (χ1) is 7.78. The Hall–Kier alpha value is -0.510. The van der Waals surface area contributed by atoms with Crippen LogP contribution in [0.2, 0.25) is 0 Å². The van der Waals surface area contributed by atoms with Gasteiger partial charge in [0.25, 0.3) is 0 Å². The van der Waals surface area contributed by atoms with Gasteiger partial charge in [-0.1, -0.05) is 17.7 Å². The Morgan fingerprint density at radius 3 is 2.81 bits per heavy atom. The molecule has 0 radical (unpaired) electrons. The lowest BCUT2D eigenvalue weighted by molar-refractivity contribution is 0.171. The molecule has 1 N–H and O–H groups in total. The lowest BCUT2D eigenvalue weighted by Gasteiger charge is -2.30. The van der Waals surface area contributed by atoms with E-state index in [0.717, 1.165) is 13.1 Å². The summed E-state index contributed by atoms with van der Waals surface area (Å²) in [6.45, 7) is 4.58. The van der Waals surface area contributed by atoms with Gasteiger partial charge in [-0.15, -0.1) is 0 Å². The van der Waals surface area contributed by atoms with Gasteiger partial charge in [0, 0.05) is 24.6 Å². The van der Waals surface area contributed by atoms with Crippen LogP contribution in [0.5, 0.6) is 0 Å². The van der Waals surface area contributed by atoms with E-state index < -0.39 is 0 Å². The van der Waals surface area contributed by atoms with E-state index in [1.807, 2.05) is 11.9 Å². The first kappa shape index (κ1) is 12.0. The van der Waals surface area contributed by atoms with Crippen LogP contribution in [0.3, 0.4) is 0 Å². The van der Waals surface area contributed by atoms with E-state index in [4.69, 9.17) is 0 Å². The first-order valence-electron chi connectivity index (χ1n) is 5.88. The van der Waals surface area contributed by atoms with Crippen molar-refractivity contribution in [3.8, 4) is 0 Å². The maximum Gasteiger partial charge on any atom is 0.0471 e. The normalized spacial score (nSPS) is 22.2. The fourth-order valence-corrected chi connectivity index (χ4v) is 3.07. The third kappa shape index (κ3) is 3.24. The van der Waals surface area contributed by atoms with Gasteiger partial charge in [-0.3, -0.25) is 0 Å². The van der Waals surface area contributed by atoms with Crippen molar-refractivity contribution < 1.29 is 5.11 Å². The lowest BCUT2D eigenvalue weighted by Crippen LogP contribution is -2.31. The molecule has 0 aromatic heterocycles. The van der Waals surface area contributed by atoms with Gasteiger partial charge in [0.05, 0.1) is 0 Å². The summed E-state index contributed by atoms with van der Waals surface area (Å²) in [7, 11) is 0. The molecule has 1 atom stereocenters. The van der Waals surface area contributed by atoms with Crippen molar-refractivity contribution in [2.45, 2.75) is 24.7 Å². The Bertz CT molecular complexity index is 325. The topological polar surface area (TPSA) is 23.5 Å². The van der Waals surface area contributed by atoms with Crippen molar-refractivity contribution in [1.29, 1.82) is 0 Å². The molecule has 2 rings (SSSR count). The van der Waals surface area contributed by atoms with E-state index in [-0.39, 0.29) is 0 Å². The number of aliphatic hydroxyl groups excluding tert-OH is 1. The standard InChI is InChI=1S/C13H19NOS/c1-11-4-6-13(7-5-11)16-14-8-2-3-12(9-14)10-15/h4-7,12,15H,2-3,8-10H2,1H3. The Morgan fingerprint density at radius 1 is 1.38 bits per heavy atom. The molecule has 0 amide bonds. The van der Waals surface area contributed by atoms with Crippen LogP contribution in [0, 0.1) is 12.8 Å². The van der Waals surface area contributed by atoms with Crippen molar-refractivity contribution in [3.63, 3.8) is 0 Å². The minimum Gasteiger partial charge on any atom is -0.396 e. The minimum atomic E-state index is 0.324. The Kier molecular flexibility index (Phi) is 4.27. The summed E-state index contributed by atoms with van der Waals surface area (Å²) in [5, 5.41) is 9.18. The molecule has 0 spiro atoms. The van der Waals surface area contributed by atoms with Crippen molar-refractivity contribution >= 4 is 11.9 Å². The number of hydrogen-bond acceptors (Lipinski definition) is 3. The summed E-state index contributed by atoms with van der Waals surface area (Å²) in [4.78, 5) is 1.30. The molecule has 3 heteroatoms. The van der Waals surface area contributed by atoms with E-state index >= 15 is 0 Å². The highest BCUT2D eigenvalue weighted by atomic mass is 32.2. The van der Waals surface area contributed by atoms with E-state index in [0.29, 0.717) is 12.5 Å². The highest BCUT2D eigenvalue weighted by Gasteiger charge is 2.19. The molecule has 16 heavy (non-hydrogen) atoms. The predicted octanol–water partition coefficient (Wildman–Crippen LogP) is 2.71. The fourth-order valence-electron chi connectivity index (χ4n) is 2.01. The van der Waals surface area contributed by atoms with Crippen LogP contribution in [-0.2, 0) is 0 Å². The molecule has 1 unspecified atom stereocenters. The highest BCUT2D eigenvalue weighted by Crippen LogP contribution is 2.28. The number of hydrogen-bond donors (Lipinski definition) is 1. The third-order valence-corrected chi connectivity index (χ3v) is 4.07. The number of aryl methyl sites for hydroxylation is 1. The molecular weight excluding hydrogens is 218 g/mol. The Morgan fingerprint density at radius 2 is 2.12 bits per heavy atom. The van der Waals surface area contributed by atoms with Crippen LogP contribution in [0.4, 0.5) is 0 Å². The number of piperidine rings is 1. The van der Waals surface area contributed by atoms with Crippen LogP contribution in [0.1, 0.15) is 18.4 Å². The van der Waals surface area contributed by atoms with Crippen molar-refractivity contribution in [2.24, 2.45) is 5.92 Å². The molecule has 1 saturated heterocycles. The second-order valence-corrected chi connectivity index (χ2v) is 5.65. The van der Waals surface area contributed by atoms with Gasteiger partial charge in [-0.25, -0.2) is 4.31 Å². The summed E-state index contributed by atoms with van der Waals surface area (Å²) in [6.07, 6.45) is 2.37. The zero-order valence-corrected chi connectivity index (χ0v) is 10.5. The van der Waals surface area contributed by atoms with Gasteiger partial charge in [0.15, 0.2) is 0 Å². The molecule has 1 aromatic rings. The van der Waals surface area contributed by atoms with Gasteiger partial charge < -0.3 is 5.11 Å². The number of aliphatic hydroxyl groups is 1. The molecule has 1 aliphatic rings. The van der Waals surface area contributed by atoms with Crippen LogP contribution in [0.25, 0.3) is 0 Å². The summed E-state index contributed by atoms with van der Waals surface area (Å²) in [6, 6.07) is 8.64. The smallest absolute Gasteiger partial charge is 0.0471 e. The molecule has 1 aliphatic heterocycles. The molecule has 1 fully saturated rings. The zero-order chi connectivity index (χ0) is 11.4. The van der Waals surface area contributed by atoms with Crippen molar-refractivity contribution in [2.75, 3.05) is 19.7 Å². The Balaban J connectivity index is 1.91. The number of nitrogens with zero attached hydrogens (tertiary/aromatic N) is 1. The summed E-state index contributed by atoms with van der Waals surface area (Å²) < 4.78 is 2.37. The van der Waals surface area contributed by atoms with Gasteiger partial charge in [0.2, 0.25) is 0 Å². The SMILES string of the molecule is Cc1ccc(SN2CCCC(CO)C2)cc1. The van der Waals surface area contributed by atoms with E-state index in [9.17, 15) is 5.11 Å². The largest absolute Gasteiger partial charge is 0.396 e. The molecule has 0 bridgehead atoms. The molecule has 88 valence electrons.